The van der Waals surface area contributed by atoms with Crippen LogP contribution in [0, 0.1) is 0 Å². The van der Waals surface area contributed by atoms with Crippen molar-refractivity contribution in [2.24, 2.45) is 0 Å². The van der Waals surface area contributed by atoms with Crippen LogP contribution in [0.25, 0.3) is 10.9 Å². The van der Waals surface area contributed by atoms with Gasteiger partial charge in [-0.05, 0) is 25.0 Å². The lowest BCUT2D eigenvalue weighted by atomic mass is 10.2. The second-order valence-electron chi connectivity index (χ2n) is 5.32. The van der Waals surface area contributed by atoms with Crippen molar-refractivity contribution >= 4 is 28.2 Å². The Morgan fingerprint density at radius 3 is 2.81 bits per heavy atom. The first kappa shape index (κ1) is 12.1. The Labute approximate surface area is 122 Å². The van der Waals surface area contributed by atoms with Crippen molar-refractivity contribution in [3.8, 4) is 0 Å². The summed E-state index contributed by atoms with van der Waals surface area (Å²) in [5.74, 6) is 2.54. The molecule has 2 heterocycles. The van der Waals surface area contributed by atoms with E-state index in [1.165, 1.54) is 0 Å². The van der Waals surface area contributed by atoms with Crippen LogP contribution in [0.2, 0.25) is 0 Å². The predicted octanol–water partition coefficient (Wildman–Crippen LogP) is 3.23. The van der Waals surface area contributed by atoms with E-state index in [0.29, 0.717) is 11.7 Å². The lowest BCUT2D eigenvalue weighted by Crippen LogP contribution is -2.03. The number of rotatable bonds is 3. The molecule has 2 aromatic heterocycles. The lowest BCUT2D eigenvalue weighted by molar-refractivity contribution is 0.936. The molecule has 4 rings (SSSR count). The maximum Gasteiger partial charge on any atom is 0.136 e. The summed E-state index contributed by atoms with van der Waals surface area (Å²) in [6, 6.07) is 11.8. The van der Waals surface area contributed by atoms with Crippen molar-refractivity contribution in [3.05, 3.63) is 48.4 Å². The van der Waals surface area contributed by atoms with Gasteiger partial charge in [-0.25, -0.2) is 9.97 Å². The van der Waals surface area contributed by atoms with E-state index in [0.717, 1.165) is 41.1 Å². The van der Waals surface area contributed by atoms with E-state index in [-0.39, 0.29) is 0 Å². The third-order valence-corrected chi connectivity index (χ3v) is 3.60. The maximum absolute atomic E-state index is 5.88. The van der Waals surface area contributed by atoms with Crippen LogP contribution in [0.4, 0.5) is 17.3 Å². The topological polar surface area (TPSA) is 76.7 Å². The average molecular weight is 277 g/mol. The predicted molar refractivity (Wildman–Crippen MR) is 83.4 cm³/mol. The number of benzene rings is 1. The number of aromatic nitrogens is 3. The van der Waals surface area contributed by atoms with Gasteiger partial charge in [0.25, 0.3) is 0 Å². The number of nitrogens with two attached hydrogens (primary N) is 1. The number of hydrogen-bond donors (Lipinski definition) is 2. The second-order valence-corrected chi connectivity index (χ2v) is 5.32. The van der Waals surface area contributed by atoms with Crippen LogP contribution in [-0.4, -0.2) is 15.0 Å². The summed E-state index contributed by atoms with van der Waals surface area (Å²) in [4.78, 5) is 13.3. The highest BCUT2D eigenvalue weighted by Gasteiger charge is 2.27. The van der Waals surface area contributed by atoms with E-state index < -0.39 is 0 Å². The van der Waals surface area contributed by atoms with Crippen LogP contribution in [0.1, 0.15) is 24.6 Å². The van der Waals surface area contributed by atoms with Gasteiger partial charge in [-0.3, -0.25) is 4.98 Å². The highest BCUT2D eigenvalue weighted by atomic mass is 15.1. The van der Waals surface area contributed by atoms with E-state index in [1.807, 2.05) is 30.3 Å². The summed E-state index contributed by atoms with van der Waals surface area (Å²) in [6.45, 7) is 0. The van der Waals surface area contributed by atoms with Gasteiger partial charge in [-0.1, -0.05) is 18.2 Å². The standard InChI is InChI=1S/C16H15N5/c17-13-9-14(21-16(20-13)11-6-7-11)19-12-5-1-3-10-4-2-8-18-15(10)12/h1-5,8-9,11H,6-7H2,(H3,17,19,20,21). The molecular weight excluding hydrogens is 262 g/mol. The number of nitrogens with zero attached hydrogens (tertiary/aromatic N) is 3. The molecule has 0 atom stereocenters. The normalized spacial score (nSPS) is 14.3. The Morgan fingerprint density at radius 1 is 1.10 bits per heavy atom. The van der Waals surface area contributed by atoms with Crippen LogP contribution in [0.3, 0.4) is 0 Å². The van der Waals surface area contributed by atoms with Gasteiger partial charge in [-0.2, -0.15) is 0 Å². The molecule has 0 spiro atoms. The average Bonchev–Trinajstić information content (AvgIpc) is 3.32. The van der Waals surface area contributed by atoms with Gasteiger partial charge in [0.15, 0.2) is 0 Å². The van der Waals surface area contributed by atoms with E-state index in [9.17, 15) is 0 Å². The van der Waals surface area contributed by atoms with Gasteiger partial charge in [0.05, 0.1) is 11.2 Å². The summed E-state index contributed by atoms with van der Waals surface area (Å²) in [7, 11) is 0. The molecule has 0 amide bonds. The van der Waals surface area contributed by atoms with Crippen LogP contribution >= 0.6 is 0 Å². The summed E-state index contributed by atoms with van der Waals surface area (Å²) in [5, 5.41) is 4.41. The molecule has 1 saturated carbocycles. The smallest absolute Gasteiger partial charge is 0.136 e. The Balaban J connectivity index is 1.74. The SMILES string of the molecule is Nc1cc(Nc2cccc3cccnc23)nc(C2CC2)n1. The molecule has 1 fully saturated rings. The van der Waals surface area contributed by atoms with Crippen molar-refractivity contribution in [2.75, 3.05) is 11.1 Å². The minimum absolute atomic E-state index is 0.472. The third kappa shape index (κ3) is 2.38. The van der Waals surface area contributed by atoms with E-state index in [1.54, 1.807) is 12.3 Å². The van der Waals surface area contributed by atoms with Gasteiger partial charge in [0.1, 0.15) is 17.5 Å². The van der Waals surface area contributed by atoms with Crippen molar-refractivity contribution < 1.29 is 0 Å². The zero-order valence-corrected chi connectivity index (χ0v) is 11.5. The first-order chi connectivity index (χ1) is 10.3. The van der Waals surface area contributed by atoms with Crippen molar-refractivity contribution in [3.63, 3.8) is 0 Å². The third-order valence-electron chi connectivity index (χ3n) is 3.60. The van der Waals surface area contributed by atoms with E-state index in [4.69, 9.17) is 5.73 Å². The van der Waals surface area contributed by atoms with Crippen molar-refractivity contribution in [1.82, 2.24) is 15.0 Å². The fourth-order valence-corrected chi connectivity index (χ4v) is 2.42. The van der Waals surface area contributed by atoms with Crippen LogP contribution in [0.15, 0.2) is 42.6 Å². The first-order valence-electron chi connectivity index (χ1n) is 7.05. The largest absolute Gasteiger partial charge is 0.384 e. The van der Waals surface area contributed by atoms with E-state index in [2.05, 4.69) is 20.3 Å². The number of hydrogen-bond acceptors (Lipinski definition) is 5. The molecular formula is C16H15N5. The zero-order chi connectivity index (χ0) is 14.2. The molecule has 1 aliphatic carbocycles. The minimum Gasteiger partial charge on any atom is -0.384 e. The van der Waals surface area contributed by atoms with Gasteiger partial charge in [0, 0.05) is 23.6 Å². The van der Waals surface area contributed by atoms with Crippen LogP contribution in [0.5, 0.6) is 0 Å². The Kier molecular flexibility index (Phi) is 2.70. The molecule has 0 bridgehead atoms. The monoisotopic (exact) mass is 277 g/mol. The molecule has 3 N–H and O–H groups in total. The highest BCUT2D eigenvalue weighted by Crippen LogP contribution is 2.38. The molecule has 21 heavy (non-hydrogen) atoms. The maximum atomic E-state index is 5.88. The summed E-state index contributed by atoms with van der Waals surface area (Å²) in [6.07, 6.45) is 4.09. The number of para-hydroxylation sites is 1. The second kappa shape index (κ2) is 4.70. The molecule has 5 heteroatoms. The number of nitrogen functional groups attached to an aromatic ring is 1. The van der Waals surface area contributed by atoms with Crippen molar-refractivity contribution in [2.45, 2.75) is 18.8 Å². The highest BCUT2D eigenvalue weighted by molar-refractivity contribution is 5.91. The van der Waals surface area contributed by atoms with Crippen molar-refractivity contribution in [1.29, 1.82) is 0 Å². The number of nitrogens with one attached hydrogen (secondary N) is 1. The number of fused-ring (bicyclic) bond motifs is 1. The molecule has 1 aromatic carbocycles. The molecule has 104 valence electrons. The number of pyridine rings is 1. The molecule has 5 nitrogen and oxygen atoms in total. The van der Waals surface area contributed by atoms with Gasteiger partial charge in [0.2, 0.25) is 0 Å². The molecule has 1 aliphatic rings. The Bertz CT molecular complexity index is 805. The Hall–Kier alpha value is -2.69. The van der Waals surface area contributed by atoms with Gasteiger partial charge < -0.3 is 11.1 Å². The van der Waals surface area contributed by atoms with Crippen LogP contribution in [-0.2, 0) is 0 Å². The number of anilines is 3. The molecule has 0 unspecified atom stereocenters. The van der Waals surface area contributed by atoms with Gasteiger partial charge >= 0.3 is 0 Å². The quantitative estimate of drug-likeness (QED) is 0.768. The zero-order valence-electron chi connectivity index (χ0n) is 11.5. The van der Waals surface area contributed by atoms with E-state index >= 15 is 0 Å². The fourth-order valence-electron chi connectivity index (χ4n) is 2.42. The Morgan fingerprint density at radius 2 is 1.95 bits per heavy atom. The summed E-state index contributed by atoms with van der Waals surface area (Å²) < 4.78 is 0. The fraction of sp³-hybridized carbons (Fsp3) is 0.188. The molecule has 3 aromatic rings. The lowest BCUT2D eigenvalue weighted by Gasteiger charge is -2.10. The first-order valence-corrected chi connectivity index (χ1v) is 7.05. The van der Waals surface area contributed by atoms with Crippen LogP contribution < -0.4 is 11.1 Å². The summed E-state index contributed by atoms with van der Waals surface area (Å²) >= 11 is 0. The molecule has 0 saturated heterocycles. The molecule has 0 aliphatic heterocycles. The van der Waals surface area contributed by atoms with Gasteiger partial charge in [-0.15, -0.1) is 0 Å². The molecule has 0 radical (unpaired) electrons. The summed E-state index contributed by atoms with van der Waals surface area (Å²) in [5.41, 5.74) is 7.73. The minimum atomic E-state index is 0.472.